The van der Waals surface area contributed by atoms with Crippen LogP contribution in [0, 0.1) is 5.92 Å². The molecule has 2 atom stereocenters. The third-order valence-electron chi connectivity index (χ3n) is 2.82. The van der Waals surface area contributed by atoms with Crippen molar-refractivity contribution in [3.63, 3.8) is 0 Å². The molecule has 1 heterocycles. The normalized spacial score (nSPS) is 27.8. The SMILES string of the molecule is CC1CCN(C(=O)CCCO)CC1O. The fourth-order valence-electron chi connectivity index (χ4n) is 1.66. The molecule has 1 amide bonds. The maximum absolute atomic E-state index is 11.5. The number of rotatable bonds is 3. The molecule has 4 nitrogen and oxygen atoms in total. The first-order valence-corrected chi connectivity index (χ1v) is 5.22. The average Bonchev–Trinajstić information content (AvgIpc) is 2.18. The van der Waals surface area contributed by atoms with E-state index >= 15 is 0 Å². The van der Waals surface area contributed by atoms with Crippen molar-refractivity contribution in [3.8, 4) is 0 Å². The van der Waals surface area contributed by atoms with E-state index in [2.05, 4.69) is 0 Å². The fourth-order valence-corrected chi connectivity index (χ4v) is 1.66. The second-order valence-electron chi connectivity index (χ2n) is 4.00. The molecule has 0 aromatic rings. The van der Waals surface area contributed by atoms with Gasteiger partial charge in [-0.1, -0.05) is 6.92 Å². The van der Waals surface area contributed by atoms with Gasteiger partial charge in [0.15, 0.2) is 0 Å². The van der Waals surface area contributed by atoms with Crippen molar-refractivity contribution in [2.24, 2.45) is 5.92 Å². The molecule has 0 aromatic heterocycles. The van der Waals surface area contributed by atoms with Gasteiger partial charge in [0.05, 0.1) is 6.10 Å². The highest BCUT2D eigenvalue weighted by atomic mass is 16.3. The van der Waals surface area contributed by atoms with Crippen LogP contribution < -0.4 is 0 Å². The molecule has 0 bridgehead atoms. The van der Waals surface area contributed by atoms with Gasteiger partial charge in [0.2, 0.25) is 5.91 Å². The molecule has 4 heteroatoms. The van der Waals surface area contributed by atoms with Gasteiger partial charge in [-0.2, -0.15) is 0 Å². The van der Waals surface area contributed by atoms with Crippen LogP contribution >= 0.6 is 0 Å². The molecule has 2 unspecified atom stereocenters. The first-order valence-electron chi connectivity index (χ1n) is 5.22. The summed E-state index contributed by atoms with van der Waals surface area (Å²) >= 11 is 0. The Balaban J connectivity index is 2.34. The van der Waals surface area contributed by atoms with E-state index in [1.807, 2.05) is 6.92 Å². The number of piperidine rings is 1. The topological polar surface area (TPSA) is 60.8 Å². The number of nitrogens with zero attached hydrogens (tertiary/aromatic N) is 1. The molecule has 82 valence electrons. The summed E-state index contributed by atoms with van der Waals surface area (Å²) < 4.78 is 0. The standard InChI is InChI=1S/C10H19NO3/c1-8-4-5-11(7-9(8)13)10(14)3-2-6-12/h8-9,12-13H,2-7H2,1H3. The van der Waals surface area contributed by atoms with Crippen molar-refractivity contribution in [2.45, 2.75) is 32.3 Å². The predicted molar refractivity (Wildman–Crippen MR) is 52.7 cm³/mol. The van der Waals surface area contributed by atoms with Crippen LogP contribution in [0.15, 0.2) is 0 Å². The number of carbonyl (C=O) groups is 1. The number of β-amino-alcohol motifs (C(OH)–C–C–N with tert-alkyl or cyclic N) is 1. The summed E-state index contributed by atoms with van der Waals surface area (Å²) in [6.45, 7) is 3.24. The monoisotopic (exact) mass is 201 g/mol. The molecule has 14 heavy (non-hydrogen) atoms. The molecule has 0 saturated carbocycles. The van der Waals surface area contributed by atoms with E-state index in [-0.39, 0.29) is 24.5 Å². The zero-order valence-corrected chi connectivity index (χ0v) is 8.65. The summed E-state index contributed by atoms with van der Waals surface area (Å²) in [5.41, 5.74) is 0. The molecule has 1 aliphatic rings. The van der Waals surface area contributed by atoms with Gasteiger partial charge in [0, 0.05) is 26.1 Å². The smallest absolute Gasteiger partial charge is 0.222 e. The van der Waals surface area contributed by atoms with E-state index in [0.29, 0.717) is 19.4 Å². The lowest BCUT2D eigenvalue weighted by Crippen LogP contribution is -2.45. The minimum atomic E-state index is -0.387. The number of aliphatic hydroxyl groups excluding tert-OH is 2. The van der Waals surface area contributed by atoms with Gasteiger partial charge in [-0.25, -0.2) is 0 Å². The highest BCUT2D eigenvalue weighted by Gasteiger charge is 2.26. The van der Waals surface area contributed by atoms with Gasteiger partial charge in [0.1, 0.15) is 0 Å². The summed E-state index contributed by atoms with van der Waals surface area (Å²) in [5, 5.41) is 18.2. The summed E-state index contributed by atoms with van der Waals surface area (Å²) in [7, 11) is 0. The van der Waals surface area contributed by atoms with Crippen molar-refractivity contribution in [2.75, 3.05) is 19.7 Å². The molecule has 1 aliphatic heterocycles. The Hall–Kier alpha value is -0.610. The quantitative estimate of drug-likeness (QED) is 0.675. The zero-order chi connectivity index (χ0) is 10.6. The van der Waals surface area contributed by atoms with Crippen LogP contribution in [0.2, 0.25) is 0 Å². The van der Waals surface area contributed by atoms with Gasteiger partial charge in [0.25, 0.3) is 0 Å². The van der Waals surface area contributed by atoms with Gasteiger partial charge in [-0.05, 0) is 18.8 Å². The molecule has 0 spiro atoms. The van der Waals surface area contributed by atoms with E-state index in [4.69, 9.17) is 5.11 Å². The van der Waals surface area contributed by atoms with Gasteiger partial charge in [-0.15, -0.1) is 0 Å². The van der Waals surface area contributed by atoms with E-state index < -0.39 is 0 Å². The van der Waals surface area contributed by atoms with Crippen LogP contribution in [-0.4, -0.2) is 46.8 Å². The van der Waals surface area contributed by atoms with Crippen LogP contribution in [0.4, 0.5) is 0 Å². The van der Waals surface area contributed by atoms with E-state index in [1.54, 1.807) is 4.90 Å². The van der Waals surface area contributed by atoms with Crippen LogP contribution in [0.3, 0.4) is 0 Å². The first-order chi connectivity index (χ1) is 6.65. The lowest BCUT2D eigenvalue weighted by Gasteiger charge is -2.34. The van der Waals surface area contributed by atoms with Crippen LogP contribution in [0.25, 0.3) is 0 Å². The molecule has 1 rings (SSSR count). The molecule has 1 fully saturated rings. The number of aliphatic hydroxyl groups is 2. The maximum Gasteiger partial charge on any atom is 0.222 e. The number of likely N-dealkylation sites (tertiary alicyclic amines) is 1. The number of hydrogen-bond donors (Lipinski definition) is 2. The maximum atomic E-state index is 11.5. The van der Waals surface area contributed by atoms with Crippen LogP contribution in [0.5, 0.6) is 0 Å². The van der Waals surface area contributed by atoms with Crippen molar-refractivity contribution in [3.05, 3.63) is 0 Å². The van der Waals surface area contributed by atoms with Gasteiger partial charge in [-0.3, -0.25) is 4.79 Å². The molecule has 1 saturated heterocycles. The average molecular weight is 201 g/mol. The molecular formula is C10H19NO3. The van der Waals surface area contributed by atoms with Crippen LogP contribution in [-0.2, 0) is 4.79 Å². The van der Waals surface area contributed by atoms with Crippen molar-refractivity contribution in [1.29, 1.82) is 0 Å². The highest BCUT2D eigenvalue weighted by molar-refractivity contribution is 5.76. The van der Waals surface area contributed by atoms with Crippen molar-refractivity contribution >= 4 is 5.91 Å². The second kappa shape index (κ2) is 5.32. The van der Waals surface area contributed by atoms with Gasteiger partial charge < -0.3 is 15.1 Å². The summed E-state index contributed by atoms with van der Waals surface area (Å²) in [4.78, 5) is 13.2. The third kappa shape index (κ3) is 2.96. The Morgan fingerprint density at radius 3 is 2.86 bits per heavy atom. The zero-order valence-electron chi connectivity index (χ0n) is 8.65. The molecule has 2 N–H and O–H groups in total. The Bertz CT molecular complexity index is 196. The second-order valence-corrected chi connectivity index (χ2v) is 4.00. The van der Waals surface area contributed by atoms with Gasteiger partial charge >= 0.3 is 0 Å². The summed E-state index contributed by atoms with van der Waals surface area (Å²) in [6, 6.07) is 0. The van der Waals surface area contributed by atoms with Crippen molar-refractivity contribution < 1.29 is 15.0 Å². The Morgan fingerprint density at radius 1 is 1.57 bits per heavy atom. The minimum absolute atomic E-state index is 0.0463. The summed E-state index contributed by atoms with van der Waals surface area (Å²) in [6.07, 6.45) is 1.38. The molecule has 0 aliphatic carbocycles. The fraction of sp³-hybridized carbons (Fsp3) is 0.900. The predicted octanol–water partition coefficient (Wildman–Crippen LogP) is -0.0118. The lowest BCUT2D eigenvalue weighted by atomic mass is 9.96. The highest BCUT2D eigenvalue weighted by Crippen LogP contribution is 2.17. The number of hydrogen-bond acceptors (Lipinski definition) is 3. The molecular weight excluding hydrogens is 182 g/mol. The van der Waals surface area contributed by atoms with E-state index in [9.17, 15) is 9.90 Å². The van der Waals surface area contributed by atoms with E-state index in [1.165, 1.54) is 0 Å². The third-order valence-corrected chi connectivity index (χ3v) is 2.82. The number of carbonyl (C=O) groups excluding carboxylic acids is 1. The largest absolute Gasteiger partial charge is 0.396 e. The first kappa shape index (κ1) is 11.5. The van der Waals surface area contributed by atoms with Crippen molar-refractivity contribution in [1.82, 2.24) is 4.90 Å². The van der Waals surface area contributed by atoms with Crippen LogP contribution in [0.1, 0.15) is 26.2 Å². The Labute approximate surface area is 84.5 Å². The Morgan fingerprint density at radius 2 is 2.29 bits per heavy atom. The summed E-state index contributed by atoms with van der Waals surface area (Å²) in [5.74, 6) is 0.335. The lowest BCUT2D eigenvalue weighted by molar-refractivity contribution is -0.135. The minimum Gasteiger partial charge on any atom is -0.396 e. The molecule has 0 radical (unpaired) electrons. The molecule has 0 aromatic carbocycles. The number of amides is 1. The Kier molecular flexibility index (Phi) is 4.35. The van der Waals surface area contributed by atoms with E-state index in [0.717, 1.165) is 13.0 Å².